The maximum Gasteiger partial charge on any atom is 0.263 e. The van der Waals surface area contributed by atoms with Crippen LogP contribution in [0.25, 0.3) is 0 Å². The molecule has 4 rings (SSSR count). The number of hydrogen-bond acceptors (Lipinski definition) is 5. The highest BCUT2D eigenvalue weighted by Crippen LogP contribution is 2.34. The average molecular weight is 338 g/mol. The summed E-state index contributed by atoms with van der Waals surface area (Å²) in [5, 5.41) is 9.29. The molecule has 0 unspecified atom stereocenters. The Hall–Kier alpha value is -3.09. The molecular weight excluding hydrogens is 323 g/mol. The van der Waals surface area contributed by atoms with E-state index in [1.165, 1.54) is 29.3 Å². The molecule has 0 bridgehead atoms. The number of carbonyl (C=O) groups excluding carboxylic acids is 2. The summed E-state index contributed by atoms with van der Waals surface area (Å²) in [6.45, 7) is 2.03. The summed E-state index contributed by atoms with van der Waals surface area (Å²) >= 11 is 0. The van der Waals surface area contributed by atoms with Crippen molar-refractivity contribution in [3.63, 3.8) is 0 Å². The Balaban J connectivity index is 1.66. The van der Waals surface area contributed by atoms with Gasteiger partial charge in [-0.3, -0.25) is 9.59 Å². The van der Waals surface area contributed by atoms with Crippen molar-refractivity contribution in [3.8, 4) is 0 Å². The monoisotopic (exact) mass is 338 g/mol. The van der Waals surface area contributed by atoms with E-state index in [1.54, 1.807) is 12.1 Å². The molecule has 2 aromatic carbocycles. The van der Waals surface area contributed by atoms with Gasteiger partial charge >= 0.3 is 0 Å². The zero-order valence-corrected chi connectivity index (χ0v) is 13.5. The van der Waals surface area contributed by atoms with Crippen LogP contribution in [0.4, 0.5) is 15.8 Å². The molecule has 2 aliphatic rings. The molecule has 2 aromatic rings. The van der Waals surface area contributed by atoms with Crippen LogP contribution in [0.3, 0.4) is 0 Å². The van der Waals surface area contributed by atoms with Gasteiger partial charge in [0.2, 0.25) is 0 Å². The number of carbonyl (C=O) groups is 2. The first kappa shape index (κ1) is 15.4. The molecule has 126 valence electrons. The van der Waals surface area contributed by atoms with Gasteiger partial charge in [-0.25, -0.2) is 14.3 Å². The first-order valence-corrected chi connectivity index (χ1v) is 8.02. The van der Waals surface area contributed by atoms with Gasteiger partial charge in [0, 0.05) is 0 Å². The average Bonchev–Trinajstić information content (AvgIpc) is 3.17. The third kappa shape index (κ3) is 2.39. The molecule has 2 heterocycles. The van der Waals surface area contributed by atoms with E-state index in [0.29, 0.717) is 11.4 Å². The fourth-order valence-corrected chi connectivity index (χ4v) is 3.10. The van der Waals surface area contributed by atoms with Gasteiger partial charge in [0.25, 0.3) is 11.8 Å². The van der Waals surface area contributed by atoms with Crippen LogP contribution < -0.4 is 9.91 Å². The lowest BCUT2D eigenvalue weighted by Gasteiger charge is -2.20. The molecule has 25 heavy (non-hydrogen) atoms. The van der Waals surface area contributed by atoms with E-state index in [1.807, 2.05) is 19.1 Å². The highest BCUT2D eigenvalue weighted by molar-refractivity contribution is 6.26. The number of benzene rings is 2. The van der Waals surface area contributed by atoms with Gasteiger partial charge in [-0.1, -0.05) is 24.3 Å². The Kier molecular flexibility index (Phi) is 3.56. The number of amides is 2. The SMILES string of the molecule is CCc1ccc(N2C(=O)[C@H]3N=NN(c4ccc(F)cc4)[C@@H]3C2=O)cc1. The highest BCUT2D eigenvalue weighted by atomic mass is 19.1. The van der Waals surface area contributed by atoms with E-state index < -0.39 is 18.0 Å². The van der Waals surface area contributed by atoms with Gasteiger partial charge in [0.05, 0.1) is 11.4 Å². The molecule has 0 spiro atoms. The quantitative estimate of drug-likeness (QED) is 0.808. The van der Waals surface area contributed by atoms with Crippen molar-refractivity contribution < 1.29 is 14.0 Å². The Bertz CT molecular complexity index is 864. The van der Waals surface area contributed by atoms with Crippen molar-refractivity contribution in [2.24, 2.45) is 10.3 Å². The van der Waals surface area contributed by atoms with E-state index in [-0.39, 0.29) is 11.7 Å². The molecule has 2 amide bonds. The first-order valence-electron chi connectivity index (χ1n) is 8.02. The second-order valence-corrected chi connectivity index (χ2v) is 5.95. The molecular formula is C18H15FN4O2. The number of imide groups is 1. The van der Waals surface area contributed by atoms with Crippen LogP contribution in [0.2, 0.25) is 0 Å². The lowest BCUT2D eigenvalue weighted by molar-refractivity contribution is -0.121. The van der Waals surface area contributed by atoms with Crippen LogP contribution in [0.1, 0.15) is 12.5 Å². The van der Waals surface area contributed by atoms with Gasteiger partial charge < -0.3 is 0 Å². The van der Waals surface area contributed by atoms with Crippen LogP contribution >= 0.6 is 0 Å². The molecule has 6 nitrogen and oxygen atoms in total. The predicted molar refractivity (Wildman–Crippen MR) is 89.6 cm³/mol. The maximum atomic E-state index is 13.1. The van der Waals surface area contributed by atoms with E-state index in [0.717, 1.165) is 16.9 Å². The van der Waals surface area contributed by atoms with Gasteiger partial charge in [-0.2, -0.15) is 5.11 Å². The van der Waals surface area contributed by atoms with Crippen LogP contribution in [0.5, 0.6) is 0 Å². The normalized spacial score (nSPS) is 22.0. The summed E-state index contributed by atoms with van der Waals surface area (Å²) < 4.78 is 13.1. The van der Waals surface area contributed by atoms with E-state index >= 15 is 0 Å². The van der Waals surface area contributed by atoms with E-state index in [2.05, 4.69) is 10.3 Å². The van der Waals surface area contributed by atoms with Gasteiger partial charge in [0.15, 0.2) is 12.1 Å². The second kappa shape index (κ2) is 5.77. The summed E-state index contributed by atoms with van der Waals surface area (Å²) in [6.07, 6.45) is 0.875. The summed E-state index contributed by atoms with van der Waals surface area (Å²) in [7, 11) is 0. The minimum Gasteiger partial charge on any atom is -0.271 e. The second-order valence-electron chi connectivity index (χ2n) is 5.95. The van der Waals surface area contributed by atoms with Crippen LogP contribution in [-0.4, -0.2) is 23.9 Å². The summed E-state index contributed by atoms with van der Waals surface area (Å²) in [6, 6.07) is 11.2. The Morgan fingerprint density at radius 1 is 0.960 bits per heavy atom. The topological polar surface area (TPSA) is 65.3 Å². The molecule has 1 saturated heterocycles. The van der Waals surface area contributed by atoms with Crippen molar-refractivity contribution in [1.82, 2.24) is 0 Å². The van der Waals surface area contributed by atoms with Crippen LogP contribution in [-0.2, 0) is 16.0 Å². The Morgan fingerprint density at radius 3 is 2.24 bits per heavy atom. The van der Waals surface area contributed by atoms with Crippen molar-refractivity contribution >= 4 is 23.2 Å². The zero-order chi connectivity index (χ0) is 17.6. The number of hydrogen-bond donors (Lipinski definition) is 0. The molecule has 0 radical (unpaired) electrons. The lowest BCUT2D eigenvalue weighted by atomic mass is 10.1. The molecule has 0 saturated carbocycles. The number of rotatable bonds is 3. The summed E-state index contributed by atoms with van der Waals surface area (Å²) in [5.74, 6) is -1.16. The minimum absolute atomic E-state index is 0.381. The smallest absolute Gasteiger partial charge is 0.263 e. The van der Waals surface area contributed by atoms with E-state index in [9.17, 15) is 14.0 Å². The van der Waals surface area contributed by atoms with Crippen molar-refractivity contribution in [3.05, 3.63) is 59.9 Å². The van der Waals surface area contributed by atoms with Crippen molar-refractivity contribution in [1.29, 1.82) is 0 Å². The predicted octanol–water partition coefficient (Wildman–Crippen LogP) is 2.89. The number of nitrogens with zero attached hydrogens (tertiary/aromatic N) is 4. The molecule has 2 aliphatic heterocycles. The number of fused-ring (bicyclic) bond motifs is 1. The number of aryl methyl sites for hydroxylation is 1. The fourth-order valence-electron chi connectivity index (χ4n) is 3.10. The third-order valence-corrected chi connectivity index (χ3v) is 4.48. The Morgan fingerprint density at radius 2 is 1.60 bits per heavy atom. The molecule has 2 atom stereocenters. The number of halogens is 1. The minimum atomic E-state index is -0.872. The molecule has 0 aliphatic carbocycles. The Labute approximate surface area is 143 Å². The highest BCUT2D eigenvalue weighted by Gasteiger charge is 2.55. The largest absolute Gasteiger partial charge is 0.271 e. The molecule has 7 heteroatoms. The van der Waals surface area contributed by atoms with Crippen molar-refractivity contribution in [2.75, 3.05) is 9.91 Å². The maximum absolute atomic E-state index is 13.1. The third-order valence-electron chi connectivity index (χ3n) is 4.48. The number of anilines is 2. The molecule has 0 N–H and O–H groups in total. The summed E-state index contributed by atoms with van der Waals surface area (Å²) in [4.78, 5) is 26.7. The fraction of sp³-hybridized carbons (Fsp3) is 0.222. The zero-order valence-electron chi connectivity index (χ0n) is 13.5. The van der Waals surface area contributed by atoms with Gasteiger partial charge in [-0.15, -0.1) is 0 Å². The lowest BCUT2D eigenvalue weighted by Crippen LogP contribution is -2.39. The molecule has 0 aromatic heterocycles. The van der Waals surface area contributed by atoms with Gasteiger partial charge in [-0.05, 0) is 48.4 Å². The summed E-state index contributed by atoms with van der Waals surface area (Å²) in [5.41, 5.74) is 2.16. The van der Waals surface area contributed by atoms with E-state index in [4.69, 9.17) is 0 Å². The first-order chi connectivity index (χ1) is 12.1. The van der Waals surface area contributed by atoms with Gasteiger partial charge in [0.1, 0.15) is 5.82 Å². The van der Waals surface area contributed by atoms with Crippen LogP contribution in [0.15, 0.2) is 58.9 Å². The van der Waals surface area contributed by atoms with Crippen LogP contribution in [0, 0.1) is 5.82 Å². The molecule has 1 fully saturated rings. The van der Waals surface area contributed by atoms with Crippen molar-refractivity contribution in [2.45, 2.75) is 25.4 Å². The standard InChI is InChI=1S/C18H15FN4O2/c1-2-11-3-7-13(8-4-11)22-17(24)15-16(18(22)25)23(21-20-15)14-9-5-12(19)6-10-14/h3-10,15-16H,2H2,1H3/t15-,16-/m0/s1.